The zero-order chi connectivity index (χ0) is 14.4. The molecule has 0 aromatic rings. The molecule has 1 atom stereocenters. The third-order valence-corrected chi connectivity index (χ3v) is 3.72. The summed E-state index contributed by atoms with van der Waals surface area (Å²) in [5.74, 6) is -1.25. The average molecular weight is 257 g/mol. The number of hydrogen-bond donors (Lipinski definition) is 1. The third kappa shape index (κ3) is 2.00. The molecule has 104 valence electrons. The van der Waals surface area contributed by atoms with E-state index in [9.17, 15) is 14.7 Å². The lowest BCUT2D eigenvalue weighted by Crippen LogP contribution is -2.65. The number of amides is 1. The van der Waals surface area contributed by atoms with Crippen LogP contribution in [0.3, 0.4) is 0 Å². The quantitative estimate of drug-likeness (QED) is 0.835. The molecule has 5 heteroatoms. The number of carboxylic acid groups (broad SMARTS) is 1. The van der Waals surface area contributed by atoms with Crippen molar-refractivity contribution >= 4 is 11.9 Å². The molecule has 0 aromatic heterocycles. The van der Waals surface area contributed by atoms with E-state index < -0.39 is 22.7 Å². The number of nitrogens with zero attached hydrogens (tertiary/aromatic N) is 1. The normalized spacial score (nSPS) is 29.0. The van der Waals surface area contributed by atoms with Gasteiger partial charge >= 0.3 is 5.97 Å². The largest absolute Gasteiger partial charge is 0.479 e. The first-order valence-corrected chi connectivity index (χ1v) is 6.22. The van der Waals surface area contributed by atoms with Crippen molar-refractivity contribution in [3.63, 3.8) is 0 Å². The van der Waals surface area contributed by atoms with E-state index in [1.54, 1.807) is 20.8 Å². The van der Waals surface area contributed by atoms with E-state index >= 15 is 0 Å². The van der Waals surface area contributed by atoms with Crippen molar-refractivity contribution in [3.05, 3.63) is 0 Å². The van der Waals surface area contributed by atoms with Crippen molar-refractivity contribution in [2.24, 2.45) is 0 Å². The molecule has 1 saturated heterocycles. The summed E-state index contributed by atoms with van der Waals surface area (Å²) in [4.78, 5) is 25.0. The molecule has 18 heavy (non-hydrogen) atoms. The Morgan fingerprint density at radius 2 is 1.78 bits per heavy atom. The third-order valence-electron chi connectivity index (χ3n) is 3.72. The molecule has 1 heterocycles. The van der Waals surface area contributed by atoms with E-state index in [0.29, 0.717) is 6.54 Å². The maximum Gasteiger partial charge on any atom is 0.332 e. The molecule has 1 rings (SSSR count). The standard InChI is InChI=1S/C13H23NO4/c1-7-14(9(2)15)13(10(16)17)8-11(3,4)18-12(13,5)6/h7-8H2,1-6H3,(H,16,17). The summed E-state index contributed by atoms with van der Waals surface area (Å²) >= 11 is 0. The lowest BCUT2D eigenvalue weighted by atomic mass is 9.77. The van der Waals surface area contributed by atoms with E-state index in [-0.39, 0.29) is 12.3 Å². The molecule has 0 saturated carbocycles. The minimum absolute atomic E-state index is 0.241. The number of aliphatic carboxylic acids is 1. The van der Waals surface area contributed by atoms with Gasteiger partial charge in [0, 0.05) is 19.9 Å². The van der Waals surface area contributed by atoms with Crippen molar-refractivity contribution in [2.45, 2.75) is 64.7 Å². The fraction of sp³-hybridized carbons (Fsp3) is 0.846. The Balaban J connectivity index is 3.41. The Morgan fingerprint density at radius 1 is 1.28 bits per heavy atom. The molecule has 1 aliphatic heterocycles. The predicted molar refractivity (Wildman–Crippen MR) is 67.3 cm³/mol. The van der Waals surface area contributed by atoms with Crippen molar-refractivity contribution in [3.8, 4) is 0 Å². The molecule has 1 amide bonds. The van der Waals surface area contributed by atoms with E-state index in [1.165, 1.54) is 11.8 Å². The Bertz CT molecular complexity index is 375. The Kier molecular flexibility index (Phi) is 3.51. The van der Waals surface area contributed by atoms with Gasteiger partial charge in [-0.25, -0.2) is 4.79 Å². The van der Waals surface area contributed by atoms with E-state index in [2.05, 4.69) is 0 Å². The number of carboxylic acids is 1. The van der Waals surface area contributed by atoms with Crippen LogP contribution in [0.1, 0.15) is 48.0 Å². The number of ether oxygens (including phenoxy) is 1. The van der Waals surface area contributed by atoms with Gasteiger partial charge in [-0.2, -0.15) is 0 Å². The topological polar surface area (TPSA) is 66.8 Å². The number of hydrogen-bond acceptors (Lipinski definition) is 3. The van der Waals surface area contributed by atoms with Crippen LogP contribution in [-0.4, -0.2) is 45.2 Å². The van der Waals surface area contributed by atoms with Crippen molar-refractivity contribution in [1.29, 1.82) is 0 Å². The van der Waals surface area contributed by atoms with Gasteiger partial charge in [-0.3, -0.25) is 4.79 Å². The van der Waals surface area contributed by atoms with Crippen molar-refractivity contribution in [1.82, 2.24) is 4.90 Å². The highest BCUT2D eigenvalue weighted by Gasteiger charge is 2.65. The first kappa shape index (κ1) is 15.0. The zero-order valence-corrected chi connectivity index (χ0v) is 12.0. The summed E-state index contributed by atoms with van der Waals surface area (Å²) < 4.78 is 5.87. The Morgan fingerprint density at radius 3 is 2.00 bits per heavy atom. The molecular formula is C13H23NO4. The minimum Gasteiger partial charge on any atom is -0.479 e. The van der Waals surface area contributed by atoms with Gasteiger partial charge in [-0.1, -0.05) is 0 Å². The second-order valence-corrected chi connectivity index (χ2v) is 5.98. The highest BCUT2D eigenvalue weighted by atomic mass is 16.5. The highest BCUT2D eigenvalue weighted by Crippen LogP contribution is 2.48. The molecule has 0 bridgehead atoms. The number of rotatable bonds is 3. The summed E-state index contributed by atoms with van der Waals surface area (Å²) in [6, 6.07) is 0. The first-order valence-electron chi connectivity index (χ1n) is 6.22. The van der Waals surface area contributed by atoms with Gasteiger partial charge in [0.15, 0.2) is 5.54 Å². The van der Waals surface area contributed by atoms with Gasteiger partial charge < -0.3 is 14.7 Å². The van der Waals surface area contributed by atoms with E-state index in [1.807, 2.05) is 13.8 Å². The van der Waals surface area contributed by atoms with Crippen molar-refractivity contribution in [2.75, 3.05) is 6.54 Å². The Hall–Kier alpha value is -1.10. The number of carbonyl (C=O) groups is 2. The Labute approximate surface area is 108 Å². The SMILES string of the molecule is CCN(C(C)=O)C1(C(=O)O)CC(C)(C)OC1(C)C. The monoisotopic (exact) mass is 257 g/mol. The van der Waals surface area contributed by atoms with Crippen LogP contribution in [0.5, 0.6) is 0 Å². The average Bonchev–Trinajstić information content (AvgIpc) is 2.32. The van der Waals surface area contributed by atoms with Crippen LogP contribution < -0.4 is 0 Å². The molecule has 0 aliphatic carbocycles. The zero-order valence-electron chi connectivity index (χ0n) is 12.0. The fourth-order valence-electron chi connectivity index (χ4n) is 3.27. The van der Waals surface area contributed by atoms with Gasteiger partial charge in [0.2, 0.25) is 5.91 Å². The summed E-state index contributed by atoms with van der Waals surface area (Å²) in [6.07, 6.45) is 0.287. The van der Waals surface area contributed by atoms with E-state index in [0.717, 1.165) is 0 Å². The van der Waals surface area contributed by atoms with Crippen LogP contribution in [0.25, 0.3) is 0 Å². The van der Waals surface area contributed by atoms with Gasteiger partial charge in [0.05, 0.1) is 11.2 Å². The van der Waals surface area contributed by atoms with Crippen LogP contribution in [0, 0.1) is 0 Å². The molecule has 0 spiro atoms. The van der Waals surface area contributed by atoms with Gasteiger partial charge in [0.25, 0.3) is 0 Å². The number of carbonyl (C=O) groups excluding carboxylic acids is 1. The van der Waals surface area contributed by atoms with Crippen LogP contribution in [0.15, 0.2) is 0 Å². The summed E-state index contributed by atoms with van der Waals surface area (Å²) in [5, 5.41) is 9.71. The molecule has 5 nitrogen and oxygen atoms in total. The summed E-state index contributed by atoms with van der Waals surface area (Å²) in [5.41, 5.74) is -2.80. The van der Waals surface area contributed by atoms with Crippen LogP contribution in [0.2, 0.25) is 0 Å². The smallest absolute Gasteiger partial charge is 0.332 e. The maximum atomic E-state index is 11.9. The maximum absolute atomic E-state index is 11.9. The van der Waals surface area contributed by atoms with Crippen molar-refractivity contribution < 1.29 is 19.4 Å². The second kappa shape index (κ2) is 4.23. The number of likely N-dealkylation sites (N-methyl/N-ethyl adjacent to an activating group) is 1. The first-order chi connectivity index (χ1) is 8.00. The van der Waals surface area contributed by atoms with Crippen LogP contribution in [0.4, 0.5) is 0 Å². The van der Waals surface area contributed by atoms with Gasteiger partial charge in [-0.05, 0) is 34.6 Å². The second-order valence-electron chi connectivity index (χ2n) is 5.98. The molecule has 1 aliphatic rings. The molecule has 0 radical (unpaired) electrons. The highest BCUT2D eigenvalue weighted by molar-refractivity contribution is 5.88. The van der Waals surface area contributed by atoms with Gasteiger partial charge in [0.1, 0.15) is 0 Å². The summed E-state index contributed by atoms with van der Waals surface area (Å²) in [7, 11) is 0. The molecule has 0 aromatic carbocycles. The lowest BCUT2D eigenvalue weighted by Gasteiger charge is -2.44. The van der Waals surface area contributed by atoms with Crippen LogP contribution in [-0.2, 0) is 14.3 Å². The minimum atomic E-state index is -1.31. The molecular weight excluding hydrogens is 234 g/mol. The fourth-order valence-corrected chi connectivity index (χ4v) is 3.27. The molecule has 1 unspecified atom stereocenters. The lowest BCUT2D eigenvalue weighted by molar-refractivity contribution is -0.172. The predicted octanol–water partition coefficient (Wildman–Crippen LogP) is 1.66. The molecule has 1 N–H and O–H groups in total. The van der Waals surface area contributed by atoms with E-state index in [4.69, 9.17) is 4.74 Å². The summed E-state index contributed by atoms with van der Waals surface area (Å²) in [6.45, 7) is 10.7. The van der Waals surface area contributed by atoms with Gasteiger partial charge in [-0.15, -0.1) is 0 Å². The van der Waals surface area contributed by atoms with Crippen LogP contribution >= 0.6 is 0 Å². The molecule has 1 fully saturated rings.